The van der Waals surface area contributed by atoms with Gasteiger partial charge in [0.1, 0.15) is 11.9 Å². The number of hydrogen-bond donors (Lipinski definition) is 2. The van der Waals surface area contributed by atoms with E-state index in [-0.39, 0.29) is 12.0 Å². The van der Waals surface area contributed by atoms with E-state index in [0.717, 1.165) is 29.2 Å². The summed E-state index contributed by atoms with van der Waals surface area (Å²) in [5, 5.41) is 0. The lowest BCUT2D eigenvalue weighted by Crippen LogP contribution is -2.39. The number of carbonyl (C=O) groups is 1. The quantitative estimate of drug-likeness (QED) is 0.369. The lowest BCUT2D eigenvalue weighted by Gasteiger charge is -2.13. The molecule has 3 N–H and O–H groups in total. The van der Waals surface area contributed by atoms with Crippen molar-refractivity contribution in [2.24, 2.45) is 5.84 Å². The Kier molecular flexibility index (Phi) is 5.07. The van der Waals surface area contributed by atoms with E-state index >= 15 is 0 Å². The molecule has 0 aliphatic carbocycles. The number of benzene rings is 1. The maximum atomic E-state index is 11.3. The van der Waals surface area contributed by atoms with Crippen LogP contribution in [0.25, 0.3) is 0 Å². The van der Waals surface area contributed by atoms with Crippen molar-refractivity contribution in [1.29, 1.82) is 0 Å². The minimum absolute atomic E-state index is 0.0808. The van der Waals surface area contributed by atoms with Gasteiger partial charge in [-0.3, -0.25) is 10.2 Å². The fourth-order valence-corrected chi connectivity index (χ4v) is 3.11. The van der Waals surface area contributed by atoms with Gasteiger partial charge in [0, 0.05) is 10.6 Å². The molecule has 1 aliphatic heterocycles. The molecule has 0 saturated carbocycles. The number of rotatable bonds is 5. The van der Waals surface area contributed by atoms with Gasteiger partial charge in [0.05, 0.1) is 13.2 Å². The second kappa shape index (κ2) is 6.79. The van der Waals surface area contributed by atoms with E-state index in [1.165, 1.54) is 0 Å². The van der Waals surface area contributed by atoms with Gasteiger partial charge in [-0.15, -0.1) is 11.8 Å². The van der Waals surface area contributed by atoms with Crippen molar-refractivity contribution in [3.05, 3.63) is 24.3 Å². The summed E-state index contributed by atoms with van der Waals surface area (Å²) >= 11 is 1.68. The zero-order valence-corrected chi connectivity index (χ0v) is 11.6. The summed E-state index contributed by atoms with van der Waals surface area (Å²) in [5.41, 5.74) is 2.13. The number of ether oxygens (including phenoxy) is 2. The molecule has 0 radical (unpaired) electrons. The Hall–Kier alpha value is -1.24. The second-order valence-electron chi connectivity index (χ2n) is 4.29. The Labute approximate surface area is 116 Å². The molecule has 2 unspecified atom stereocenters. The number of methoxy groups -OCH3 is 1. The Morgan fingerprint density at radius 1 is 1.53 bits per heavy atom. The van der Waals surface area contributed by atoms with Crippen molar-refractivity contribution in [2.45, 2.75) is 29.9 Å². The summed E-state index contributed by atoms with van der Waals surface area (Å²) in [4.78, 5) is 12.4. The topological polar surface area (TPSA) is 73.6 Å². The Morgan fingerprint density at radius 3 is 3.05 bits per heavy atom. The normalized spacial score (nSPS) is 22.2. The highest BCUT2D eigenvalue weighted by atomic mass is 32.2. The van der Waals surface area contributed by atoms with Gasteiger partial charge in [-0.05, 0) is 25.0 Å². The summed E-state index contributed by atoms with van der Waals surface area (Å²) in [6, 6.07) is 7.87. The molecule has 1 aliphatic rings. The zero-order chi connectivity index (χ0) is 13.7. The largest absolute Gasteiger partial charge is 0.496 e. The highest BCUT2D eigenvalue weighted by molar-refractivity contribution is 7.99. The molecule has 1 heterocycles. The summed E-state index contributed by atoms with van der Waals surface area (Å²) < 4.78 is 11.0. The van der Waals surface area contributed by atoms with E-state index in [4.69, 9.17) is 15.3 Å². The van der Waals surface area contributed by atoms with Crippen LogP contribution in [-0.4, -0.2) is 31.0 Å². The number of carbonyl (C=O) groups excluding carboxylic acids is 1. The highest BCUT2D eigenvalue weighted by Gasteiger charge is 2.30. The van der Waals surface area contributed by atoms with Crippen LogP contribution >= 0.6 is 11.8 Å². The number of hydrazine groups is 1. The number of amides is 1. The van der Waals surface area contributed by atoms with E-state index in [1.807, 2.05) is 24.3 Å². The van der Waals surface area contributed by atoms with Crippen LogP contribution in [0.3, 0.4) is 0 Å². The lowest BCUT2D eigenvalue weighted by molar-refractivity contribution is -0.131. The van der Waals surface area contributed by atoms with Crippen LogP contribution in [-0.2, 0) is 9.53 Å². The SMILES string of the molecule is COc1ccccc1SCC1CCC(C(=O)NN)O1. The molecule has 5 nitrogen and oxygen atoms in total. The van der Waals surface area contributed by atoms with Crippen molar-refractivity contribution in [1.82, 2.24) is 5.43 Å². The molecule has 104 valence electrons. The highest BCUT2D eigenvalue weighted by Crippen LogP contribution is 2.32. The van der Waals surface area contributed by atoms with Gasteiger partial charge < -0.3 is 9.47 Å². The molecular weight excluding hydrogens is 264 g/mol. The number of nitrogens with two attached hydrogens (primary N) is 1. The van der Waals surface area contributed by atoms with E-state index in [0.29, 0.717) is 0 Å². The van der Waals surface area contributed by atoms with Crippen LogP contribution in [0.15, 0.2) is 29.2 Å². The lowest BCUT2D eigenvalue weighted by atomic mass is 10.2. The molecule has 1 amide bonds. The first-order valence-corrected chi connectivity index (χ1v) is 7.15. The second-order valence-corrected chi connectivity index (χ2v) is 5.36. The van der Waals surface area contributed by atoms with Crippen molar-refractivity contribution in [2.75, 3.05) is 12.9 Å². The van der Waals surface area contributed by atoms with Crippen LogP contribution in [0.4, 0.5) is 0 Å². The molecule has 6 heteroatoms. The number of para-hydroxylation sites is 1. The van der Waals surface area contributed by atoms with Gasteiger partial charge in [0.15, 0.2) is 0 Å². The molecule has 2 atom stereocenters. The molecule has 0 bridgehead atoms. The summed E-state index contributed by atoms with van der Waals surface area (Å²) in [6.45, 7) is 0. The molecule has 1 aromatic rings. The van der Waals surface area contributed by atoms with Crippen LogP contribution in [0, 0.1) is 0 Å². The smallest absolute Gasteiger partial charge is 0.263 e. The third kappa shape index (κ3) is 3.62. The van der Waals surface area contributed by atoms with Crippen molar-refractivity contribution in [3.63, 3.8) is 0 Å². The summed E-state index contributed by atoms with van der Waals surface area (Å²) in [6.07, 6.45) is 1.27. The molecule has 1 saturated heterocycles. The predicted octanol–water partition coefficient (Wildman–Crippen LogP) is 1.32. The van der Waals surface area contributed by atoms with E-state index in [2.05, 4.69) is 5.43 Å². The fourth-order valence-electron chi connectivity index (χ4n) is 2.03. The predicted molar refractivity (Wildman–Crippen MR) is 73.9 cm³/mol. The maximum absolute atomic E-state index is 11.3. The van der Waals surface area contributed by atoms with Gasteiger partial charge in [0.25, 0.3) is 5.91 Å². The van der Waals surface area contributed by atoms with Gasteiger partial charge in [-0.2, -0.15) is 0 Å². The van der Waals surface area contributed by atoms with Gasteiger partial charge in [0.2, 0.25) is 0 Å². The average molecular weight is 282 g/mol. The molecule has 0 aromatic heterocycles. The molecular formula is C13H18N2O3S. The van der Waals surface area contributed by atoms with Crippen molar-refractivity contribution >= 4 is 17.7 Å². The van der Waals surface area contributed by atoms with Crippen LogP contribution in [0.2, 0.25) is 0 Å². The fraction of sp³-hybridized carbons (Fsp3) is 0.462. The zero-order valence-electron chi connectivity index (χ0n) is 10.8. The first kappa shape index (κ1) is 14.2. The van der Waals surface area contributed by atoms with Crippen LogP contribution < -0.4 is 16.0 Å². The Bertz CT molecular complexity index is 442. The third-order valence-corrected chi connectivity index (χ3v) is 4.22. The monoisotopic (exact) mass is 282 g/mol. The van der Waals surface area contributed by atoms with Crippen molar-refractivity contribution in [3.8, 4) is 5.75 Å². The van der Waals surface area contributed by atoms with Gasteiger partial charge >= 0.3 is 0 Å². The molecule has 0 spiro atoms. The number of thioether (sulfide) groups is 1. The van der Waals surface area contributed by atoms with E-state index in [1.54, 1.807) is 18.9 Å². The first-order valence-electron chi connectivity index (χ1n) is 6.16. The van der Waals surface area contributed by atoms with Crippen molar-refractivity contribution < 1.29 is 14.3 Å². The molecule has 1 aromatic carbocycles. The van der Waals surface area contributed by atoms with Crippen LogP contribution in [0.5, 0.6) is 5.75 Å². The Balaban J connectivity index is 1.85. The van der Waals surface area contributed by atoms with E-state index in [9.17, 15) is 4.79 Å². The average Bonchev–Trinajstić information content (AvgIpc) is 2.93. The number of hydrogen-bond acceptors (Lipinski definition) is 5. The summed E-state index contributed by atoms with van der Waals surface area (Å²) in [5.74, 6) is 6.52. The van der Waals surface area contributed by atoms with Crippen LogP contribution in [0.1, 0.15) is 12.8 Å². The Morgan fingerprint density at radius 2 is 2.32 bits per heavy atom. The van der Waals surface area contributed by atoms with E-state index < -0.39 is 6.10 Å². The number of nitrogens with one attached hydrogen (secondary N) is 1. The van der Waals surface area contributed by atoms with Gasteiger partial charge in [-0.25, -0.2) is 5.84 Å². The molecule has 1 fully saturated rings. The first-order chi connectivity index (χ1) is 9.24. The van der Waals surface area contributed by atoms with Gasteiger partial charge in [-0.1, -0.05) is 12.1 Å². The third-order valence-electron chi connectivity index (χ3n) is 3.04. The minimum Gasteiger partial charge on any atom is -0.496 e. The maximum Gasteiger partial charge on any atom is 0.263 e. The summed E-state index contributed by atoms with van der Waals surface area (Å²) in [7, 11) is 1.66. The standard InChI is InChI=1S/C13H18N2O3S/c1-17-10-4-2-3-5-12(10)19-8-9-6-7-11(18-9)13(16)15-14/h2-5,9,11H,6-8,14H2,1H3,(H,15,16). The molecule has 2 rings (SSSR count). The molecule has 19 heavy (non-hydrogen) atoms. The minimum atomic E-state index is -0.409.